The molecule has 1 N–H and O–H groups in total. The van der Waals surface area contributed by atoms with Crippen LogP contribution in [0, 0.1) is 11.3 Å². The third kappa shape index (κ3) is 3.00. The van der Waals surface area contributed by atoms with Crippen LogP contribution in [-0.4, -0.2) is 10.9 Å². The fraction of sp³-hybridized carbons (Fsp3) is 0.917. The largest absolute Gasteiger partial charge is 0.411 e. The molecule has 0 rings (SSSR count). The zero-order chi connectivity index (χ0) is 11.2. The van der Waals surface area contributed by atoms with E-state index in [-0.39, 0.29) is 5.41 Å². The van der Waals surface area contributed by atoms with E-state index in [1.807, 2.05) is 0 Å². The van der Waals surface area contributed by atoms with Crippen LogP contribution >= 0.6 is 0 Å². The molecule has 2 heteroatoms. The van der Waals surface area contributed by atoms with Gasteiger partial charge in [0.25, 0.3) is 0 Å². The average molecular weight is 199 g/mol. The van der Waals surface area contributed by atoms with E-state index < -0.39 is 0 Å². The Morgan fingerprint density at radius 2 is 1.93 bits per heavy atom. The Bertz CT molecular complexity index is 187. The Hall–Kier alpha value is -0.530. The molecule has 0 heterocycles. The molecule has 0 radical (unpaired) electrons. The molecule has 0 aromatic rings. The molecule has 84 valence electrons. The first kappa shape index (κ1) is 13.5. The first-order valence-corrected chi connectivity index (χ1v) is 5.74. The molecular formula is C12H25NO. The van der Waals surface area contributed by atoms with Gasteiger partial charge in [-0.3, -0.25) is 0 Å². The van der Waals surface area contributed by atoms with Crippen LogP contribution in [0.1, 0.15) is 60.3 Å². The van der Waals surface area contributed by atoms with Crippen molar-refractivity contribution in [2.24, 2.45) is 16.5 Å². The lowest BCUT2D eigenvalue weighted by Gasteiger charge is -2.33. The standard InChI is InChI=1S/C12H25NO/c1-6-8-9-11(13-14)12(5,7-2)10(3)4/h10,14H,6-9H2,1-5H3/b13-11+. The van der Waals surface area contributed by atoms with E-state index in [4.69, 9.17) is 5.21 Å². The number of rotatable bonds is 6. The minimum absolute atomic E-state index is 0.0594. The van der Waals surface area contributed by atoms with Gasteiger partial charge in [-0.05, 0) is 25.2 Å². The van der Waals surface area contributed by atoms with Crippen LogP contribution < -0.4 is 0 Å². The molecule has 0 saturated heterocycles. The maximum Gasteiger partial charge on any atom is 0.0632 e. The molecule has 0 bridgehead atoms. The topological polar surface area (TPSA) is 32.6 Å². The van der Waals surface area contributed by atoms with Crippen molar-refractivity contribution in [3.05, 3.63) is 0 Å². The molecule has 0 aliphatic carbocycles. The Kier molecular flexibility index (Phi) is 5.82. The van der Waals surface area contributed by atoms with Crippen molar-refractivity contribution in [2.75, 3.05) is 0 Å². The number of unbranched alkanes of at least 4 members (excludes halogenated alkanes) is 1. The lowest BCUT2D eigenvalue weighted by Crippen LogP contribution is -2.32. The predicted octanol–water partition coefficient (Wildman–Crippen LogP) is 4.08. The Morgan fingerprint density at radius 1 is 1.36 bits per heavy atom. The van der Waals surface area contributed by atoms with Gasteiger partial charge >= 0.3 is 0 Å². The second-order valence-electron chi connectivity index (χ2n) is 4.58. The van der Waals surface area contributed by atoms with Crippen LogP contribution in [0.5, 0.6) is 0 Å². The number of nitrogens with zero attached hydrogens (tertiary/aromatic N) is 1. The second-order valence-corrected chi connectivity index (χ2v) is 4.58. The van der Waals surface area contributed by atoms with Crippen molar-refractivity contribution in [3.63, 3.8) is 0 Å². The highest BCUT2D eigenvalue weighted by atomic mass is 16.4. The minimum atomic E-state index is 0.0594. The highest BCUT2D eigenvalue weighted by Crippen LogP contribution is 2.34. The summed E-state index contributed by atoms with van der Waals surface area (Å²) < 4.78 is 0. The molecule has 0 aliphatic rings. The monoisotopic (exact) mass is 199 g/mol. The first-order valence-electron chi connectivity index (χ1n) is 5.74. The number of hydrogen-bond donors (Lipinski definition) is 1. The van der Waals surface area contributed by atoms with E-state index >= 15 is 0 Å². The SMILES string of the molecule is CCCC/C(=N\O)C(C)(CC)C(C)C. The van der Waals surface area contributed by atoms with Crippen LogP contribution in [0.15, 0.2) is 5.16 Å². The molecule has 14 heavy (non-hydrogen) atoms. The van der Waals surface area contributed by atoms with Gasteiger partial charge in [0.2, 0.25) is 0 Å². The van der Waals surface area contributed by atoms with Crippen molar-refractivity contribution in [2.45, 2.75) is 60.3 Å². The molecule has 0 aromatic heterocycles. The third-order valence-corrected chi connectivity index (χ3v) is 3.56. The van der Waals surface area contributed by atoms with Crippen LogP contribution in [0.4, 0.5) is 0 Å². The number of hydrogen-bond acceptors (Lipinski definition) is 2. The molecule has 0 amide bonds. The van der Waals surface area contributed by atoms with Gasteiger partial charge < -0.3 is 5.21 Å². The molecular weight excluding hydrogens is 174 g/mol. The summed E-state index contributed by atoms with van der Waals surface area (Å²) in [5.41, 5.74) is 1.03. The first-order chi connectivity index (χ1) is 6.52. The quantitative estimate of drug-likeness (QED) is 0.390. The Balaban J connectivity index is 4.62. The molecule has 0 aromatic carbocycles. The number of oxime groups is 1. The molecule has 0 spiro atoms. The van der Waals surface area contributed by atoms with Crippen LogP contribution in [0.2, 0.25) is 0 Å². The van der Waals surface area contributed by atoms with E-state index in [0.717, 1.165) is 31.4 Å². The fourth-order valence-corrected chi connectivity index (χ4v) is 1.74. The minimum Gasteiger partial charge on any atom is -0.411 e. The van der Waals surface area contributed by atoms with Crippen molar-refractivity contribution < 1.29 is 5.21 Å². The predicted molar refractivity (Wildman–Crippen MR) is 62.0 cm³/mol. The van der Waals surface area contributed by atoms with Crippen LogP contribution in [-0.2, 0) is 0 Å². The van der Waals surface area contributed by atoms with Gasteiger partial charge in [-0.2, -0.15) is 0 Å². The Labute approximate surface area is 88.4 Å². The lowest BCUT2D eigenvalue weighted by molar-refractivity contribution is 0.270. The van der Waals surface area contributed by atoms with Crippen LogP contribution in [0.3, 0.4) is 0 Å². The highest BCUT2D eigenvalue weighted by molar-refractivity contribution is 5.89. The van der Waals surface area contributed by atoms with Crippen LogP contribution in [0.25, 0.3) is 0 Å². The summed E-state index contributed by atoms with van der Waals surface area (Å²) >= 11 is 0. The van der Waals surface area contributed by atoms with E-state index in [1.165, 1.54) is 0 Å². The van der Waals surface area contributed by atoms with Crippen molar-refractivity contribution in [3.8, 4) is 0 Å². The second kappa shape index (κ2) is 6.05. The van der Waals surface area contributed by atoms with E-state index in [2.05, 4.69) is 39.8 Å². The smallest absolute Gasteiger partial charge is 0.0632 e. The summed E-state index contributed by atoms with van der Waals surface area (Å²) in [7, 11) is 0. The van der Waals surface area contributed by atoms with Gasteiger partial charge in [0.15, 0.2) is 0 Å². The molecule has 0 saturated carbocycles. The summed E-state index contributed by atoms with van der Waals surface area (Å²) in [5.74, 6) is 0.523. The molecule has 2 nitrogen and oxygen atoms in total. The third-order valence-electron chi connectivity index (χ3n) is 3.56. The van der Waals surface area contributed by atoms with Crippen molar-refractivity contribution in [1.29, 1.82) is 0 Å². The van der Waals surface area contributed by atoms with Gasteiger partial charge in [-0.15, -0.1) is 0 Å². The van der Waals surface area contributed by atoms with Gasteiger partial charge in [0.1, 0.15) is 0 Å². The lowest BCUT2D eigenvalue weighted by atomic mass is 9.71. The van der Waals surface area contributed by atoms with Crippen molar-refractivity contribution >= 4 is 5.71 Å². The van der Waals surface area contributed by atoms with Gasteiger partial charge in [0.05, 0.1) is 5.71 Å². The van der Waals surface area contributed by atoms with Gasteiger partial charge in [-0.1, -0.05) is 46.2 Å². The zero-order valence-corrected chi connectivity index (χ0v) is 10.3. The van der Waals surface area contributed by atoms with E-state index in [0.29, 0.717) is 5.92 Å². The summed E-state index contributed by atoms with van der Waals surface area (Å²) in [4.78, 5) is 0. The van der Waals surface area contributed by atoms with E-state index in [9.17, 15) is 0 Å². The van der Waals surface area contributed by atoms with Crippen molar-refractivity contribution in [1.82, 2.24) is 0 Å². The molecule has 1 unspecified atom stereocenters. The van der Waals surface area contributed by atoms with Gasteiger partial charge in [-0.25, -0.2) is 0 Å². The zero-order valence-electron chi connectivity index (χ0n) is 10.3. The summed E-state index contributed by atoms with van der Waals surface area (Å²) in [6.07, 6.45) is 4.22. The molecule has 0 fully saturated rings. The Morgan fingerprint density at radius 3 is 2.21 bits per heavy atom. The highest BCUT2D eigenvalue weighted by Gasteiger charge is 2.32. The maximum atomic E-state index is 9.06. The molecule has 0 aliphatic heterocycles. The summed E-state index contributed by atoms with van der Waals surface area (Å²) in [6.45, 7) is 10.9. The fourth-order valence-electron chi connectivity index (χ4n) is 1.74. The summed E-state index contributed by atoms with van der Waals surface area (Å²) in [5, 5.41) is 12.6. The average Bonchev–Trinajstić information content (AvgIpc) is 2.18. The molecule has 1 atom stereocenters. The normalized spacial score (nSPS) is 17.1. The summed E-state index contributed by atoms with van der Waals surface area (Å²) in [6, 6.07) is 0. The van der Waals surface area contributed by atoms with Gasteiger partial charge in [0, 0.05) is 5.41 Å². The van der Waals surface area contributed by atoms with E-state index in [1.54, 1.807) is 0 Å². The maximum absolute atomic E-state index is 9.06.